The van der Waals surface area contributed by atoms with Crippen molar-refractivity contribution in [3.05, 3.63) is 66.7 Å². The molecule has 3 atom stereocenters. The lowest BCUT2D eigenvalue weighted by atomic mass is 9.52. The number of benzene rings is 2. The zero-order valence-electron chi connectivity index (χ0n) is 25.1. The molecule has 1 aliphatic carbocycles. The number of hydrogen-bond donors (Lipinski definition) is 5. The Labute approximate surface area is 266 Å². The van der Waals surface area contributed by atoms with E-state index in [1.54, 1.807) is 18.2 Å². The molecule has 0 spiro atoms. The summed E-state index contributed by atoms with van der Waals surface area (Å²) in [6.45, 7) is -0.903. The molecule has 2 aliphatic rings. The highest BCUT2D eigenvalue weighted by Crippen LogP contribution is 2.61. The maximum Gasteiger partial charge on any atom is 0.408 e. The molecule has 1 saturated heterocycles. The summed E-state index contributed by atoms with van der Waals surface area (Å²) in [6.07, 6.45) is 3.73. The van der Waals surface area contributed by atoms with Crippen molar-refractivity contribution < 1.29 is 32.7 Å². The smallest absolute Gasteiger partial charge is 0.408 e. The number of carbonyl (C=O) groups excluding carboxylic acids is 3. The molecule has 1 aromatic heterocycles. The molecule has 3 aromatic rings. The molecule has 3 amide bonds. The third kappa shape index (κ3) is 5.81. The van der Waals surface area contributed by atoms with Gasteiger partial charge >= 0.3 is 6.09 Å². The first-order valence-electron chi connectivity index (χ1n) is 15.1. The van der Waals surface area contributed by atoms with E-state index in [4.69, 9.17) is 11.5 Å². The monoisotopic (exact) mass is 651 g/mol. The number of nitrogens with zero attached hydrogens (tertiary/aromatic N) is 3. The van der Waals surface area contributed by atoms with Gasteiger partial charge in [0.2, 0.25) is 15.9 Å². The SMILES string of the molecule is NC[C@@]1(C(=O)CCNS(=O)(=O)c2ccc3ccccc3c2)N(C(=O)O)CCC(CCNC(=O)c2cnccn2)[C@@]1(C(N)=O)C1CC1. The molecule has 7 N–H and O–H groups in total. The predicted molar refractivity (Wildman–Crippen MR) is 167 cm³/mol. The van der Waals surface area contributed by atoms with E-state index >= 15 is 0 Å². The van der Waals surface area contributed by atoms with Gasteiger partial charge in [0.15, 0.2) is 5.78 Å². The van der Waals surface area contributed by atoms with Crippen LogP contribution < -0.4 is 21.5 Å². The first-order chi connectivity index (χ1) is 22.0. The largest absolute Gasteiger partial charge is 0.465 e. The Balaban J connectivity index is 1.40. The van der Waals surface area contributed by atoms with Crippen molar-refractivity contribution in [3.63, 3.8) is 0 Å². The third-order valence-electron chi connectivity index (χ3n) is 9.36. The number of Topliss-reactive ketones (excluding diaryl/α,β-unsaturated/α-hetero) is 1. The summed E-state index contributed by atoms with van der Waals surface area (Å²) < 4.78 is 28.8. The Morgan fingerprint density at radius 1 is 1.02 bits per heavy atom. The van der Waals surface area contributed by atoms with Crippen LogP contribution in [0.25, 0.3) is 10.8 Å². The zero-order chi connectivity index (χ0) is 33.1. The number of nitrogens with two attached hydrogens (primary N) is 2. The number of amides is 3. The van der Waals surface area contributed by atoms with Crippen LogP contribution in [0.5, 0.6) is 0 Å². The molecule has 0 radical (unpaired) electrons. The fourth-order valence-corrected chi connectivity index (χ4v) is 8.34. The van der Waals surface area contributed by atoms with Crippen LogP contribution in [0.1, 0.15) is 42.6 Å². The average molecular weight is 652 g/mol. The van der Waals surface area contributed by atoms with Crippen molar-refractivity contribution in [3.8, 4) is 0 Å². The molecule has 15 heteroatoms. The highest BCUT2D eigenvalue weighted by Gasteiger charge is 2.72. The highest BCUT2D eigenvalue weighted by atomic mass is 32.2. The molecule has 244 valence electrons. The van der Waals surface area contributed by atoms with Crippen molar-refractivity contribution in [1.29, 1.82) is 0 Å². The van der Waals surface area contributed by atoms with Crippen LogP contribution in [-0.4, -0.2) is 83.8 Å². The Morgan fingerprint density at radius 3 is 2.39 bits per heavy atom. The Morgan fingerprint density at radius 2 is 1.76 bits per heavy atom. The molecule has 0 bridgehead atoms. The third-order valence-corrected chi connectivity index (χ3v) is 10.8. The van der Waals surface area contributed by atoms with Crippen LogP contribution in [-0.2, 0) is 19.6 Å². The van der Waals surface area contributed by atoms with Crippen molar-refractivity contribution >= 4 is 44.5 Å². The van der Waals surface area contributed by atoms with Gasteiger partial charge in [-0.15, -0.1) is 0 Å². The number of ketones is 1. The molecular formula is C31H37N7O7S. The van der Waals surface area contributed by atoms with E-state index in [-0.39, 0.29) is 43.1 Å². The van der Waals surface area contributed by atoms with E-state index in [1.807, 2.05) is 12.1 Å². The zero-order valence-corrected chi connectivity index (χ0v) is 25.9. The van der Waals surface area contributed by atoms with Crippen molar-refractivity contribution in [2.75, 3.05) is 26.2 Å². The van der Waals surface area contributed by atoms with E-state index < -0.39 is 69.5 Å². The summed E-state index contributed by atoms with van der Waals surface area (Å²) in [6, 6.07) is 11.9. The number of carbonyl (C=O) groups is 4. The predicted octanol–water partition coefficient (Wildman–Crippen LogP) is 1.27. The lowest BCUT2D eigenvalue weighted by molar-refractivity contribution is -0.168. The fraction of sp³-hybridized carbons (Fsp3) is 0.419. The van der Waals surface area contributed by atoms with Gasteiger partial charge in [-0.05, 0) is 60.4 Å². The standard InChI is InChI=1S/C31H37N7O7S/c32-19-30(26(39)10-13-37-46(44,45)24-8-5-20-3-1-2-4-21(20)17-24)31(28(33)41,22-6-7-22)23(11-16-38(30)29(42)43)9-12-36-27(40)25-18-34-14-15-35-25/h1-5,8,14-15,17-18,22-23,37H,6-7,9-13,16,19,32H2,(H2,33,41)(H,36,40)(H,42,43)/t23?,30-,31+/m0/s1. The summed E-state index contributed by atoms with van der Waals surface area (Å²) in [5.41, 5.74) is 8.83. The number of aromatic nitrogens is 2. The van der Waals surface area contributed by atoms with Gasteiger partial charge in [-0.3, -0.25) is 24.3 Å². The summed E-state index contributed by atoms with van der Waals surface area (Å²) >= 11 is 0. The Hall–Kier alpha value is -4.47. The van der Waals surface area contributed by atoms with Crippen LogP contribution in [0.2, 0.25) is 0 Å². The Kier molecular flexibility index (Phi) is 9.37. The van der Waals surface area contributed by atoms with Gasteiger partial charge in [-0.1, -0.05) is 30.3 Å². The summed E-state index contributed by atoms with van der Waals surface area (Å²) in [5.74, 6) is -3.04. The minimum Gasteiger partial charge on any atom is -0.465 e. The van der Waals surface area contributed by atoms with Crippen molar-refractivity contribution in [2.45, 2.75) is 42.5 Å². The van der Waals surface area contributed by atoms with E-state index in [9.17, 15) is 32.7 Å². The number of fused-ring (bicyclic) bond motifs is 1. The van der Waals surface area contributed by atoms with Crippen LogP contribution in [0.15, 0.2) is 66.0 Å². The van der Waals surface area contributed by atoms with Gasteiger partial charge in [0.05, 0.1) is 16.5 Å². The quantitative estimate of drug-likeness (QED) is 0.178. The second kappa shape index (κ2) is 13.1. The molecule has 46 heavy (non-hydrogen) atoms. The van der Waals surface area contributed by atoms with Crippen LogP contribution >= 0.6 is 0 Å². The van der Waals surface area contributed by atoms with Crippen LogP contribution in [0, 0.1) is 17.3 Å². The van der Waals surface area contributed by atoms with Crippen LogP contribution in [0.4, 0.5) is 4.79 Å². The second-order valence-corrected chi connectivity index (χ2v) is 13.5. The normalized spacial score (nSPS) is 23.2. The van der Waals surface area contributed by atoms with Gasteiger partial charge in [-0.25, -0.2) is 22.9 Å². The number of hydrogen-bond acceptors (Lipinski definition) is 9. The maximum absolute atomic E-state index is 14.3. The highest BCUT2D eigenvalue weighted by molar-refractivity contribution is 7.89. The molecule has 1 unspecified atom stereocenters. The molecule has 2 aromatic carbocycles. The lowest BCUT2D eigenvalue weighted by Crippen LogP contribution is -2.78. The summed E-state index contributed by atoms with van der Waals surface area (Å²) in [4.78, 5) is 62.0. The molecule has 2 fully saturated rings. The van der Waals surface area contributed by atoms with E-state index in [0.717, 1.165) is 15.7 Å². The molecule has 14 nitrogen and oxygen atoms in total. The molecule has 1 saturated carbocycles. The van der Waals surface area contributed by atoms with Crippen molar-refractivity contribution in [2.24, 2.45) is 28.7 Å². The number of primary amides is 1. The van der Waals surface area contributed by atoms with Crippen LogP contribution in [0.3, 0.4) is 0 Å². The fourth-order valence-electron chi connectivity index (χ4n) is 7.28. The van der Waals surface area contributed by atoms with Gasteiger partial charge in [0.25, 0.3) is 5.91 Å². The van der Waals surface area contributed by atoms with E-state index in [0.29, 0.717) is 12.8 Å². The van der Waals surface area contributed by atoms with Crippen molar-refractivity contribution in [1.82, 2.24) is 24.9 Å². The summed E-state index contributed by atoms with van der Waals surface area (Å²) in [5, 5.41) is 14.6. The number of carboxylic acid groups (broad SMARTS) is 1. The van der Waals surface area contributed by atoms with Gasteiger partial charge in [-0.2, -0.15) is 0 Å². The number of likely N-dealkylation sites (tertiary alicyclic amines) is 1. The number of rotatable bonds is 13. The Bertz CT molecular complexity index is 1750. The van der Waals surface area contributed by atoms with E-state index in [2.05, 4.69) is 20.0 Å². The molecule has 5 rings (SSSR count). The van der Waals surface area contributed by atoms with E-state index in [1.165, 1.54) is 30.7 Å². The average Bonchev–Trinajstić information content (AvgIpc) is 3.89. The van der Waals surface area contributed by atoms with Gasteiger partial charge < -0.3 is 21.9 Å². The summed E-state index contributed by atoms with van der Waals surface area (Å²) in [7, 11) is -4.04. The second-order valence-electron chi connectivity index (χ2n) is 11.7. The van der Waals surface area contributed by atoms with Gasteiger partial charge in [0, 0.05) is 45.0 Å². The number of nitrogens with one attached hydrogen (secondary N) is 2. The first-order valence-corrected chi connectivity index (χ1v) is 16.5. The first kappa shape index (κ1) is 32.9. The minimum atomic E-state index is -4.04. The molecular weight excluding hydrogens is 614 g/mol. The lowest BCUT2D eigenvalue weighted by Gasteiger charge is -2.59. The number of piperidine rings is 1. The van der Waals surface area contributed by atoms with Gasteiger partial charge in [0.1, 0.15) is 11.2 Å². The number of sulfonamides is 1. The topological polar surface area (TPSA) is 228 Å². The molecule has 2 heterocycles. The molecule has 1 aliphatic heterocycles. The minimum absolute atomic E-state index is 0.00470. The maximum atomic E-state index is 14.3.